The molecule has 0 aromatic carbocycles. The van der Waals surface area contributed by atoms with Crippen LogP contribution in [-0.4, -0.2) is 27.0 Å². The Bertz CT molecular complexity index is 647. The van der Waals surface area contributed by atoms with Crippen molar-refractivity contribution in [3.8, 4) is 10.6 Å². The average Bonchev–Trinajstić information content (AvgIpc) is 2.98. The molecule has 0 aliphatic carbocycles. The number of anilines is 1. The molecule has 2 heterocycles. The van der Waals surface area contributed by atoms with Gasteiger partial charge in [-0.25, -0.2) is 14.4 Å². The van der Waals surface area contributed by atoms with Crippen molar-refractivity contribution in [2.45, 2.75) is 6.42 Å². The molecule has 0 aliphatic heterocycles. The van der Waals surface area contributed by atoms with Gasteiger partial charge in [0, 0.05) is 17.3 Å². The molecule has 2 aromatic heterocycles. The third-order valence-corrected chi connectivity index (χ3v) is 5.35. The lowest BCUT2D eigenvalue weighted by molar-refractivity contribution is 0.593. The second-order valence-electron chi connectivity index (χ2n) is 3.65. The molecule has 19 heavy (non-hydrogen) atoms. The molecule has 6 nitrogen and oxygen atoms in total. The monoisotopic (exact) mass is 318 g/mol. The summed E-state index contributed by atoms with van der Waals surface area (Å²) in [7, 11) is -2.17. The van der Waals surface area contributed by atoms with Crippen LogP contribution in [0.1, 0.15) is 4.88 Å². The standard InChI is InChI=1S/C10H14N4O2S3/c1-12-19(15,16)14-10-13-8(6-17-10)9-3-2-7(18-9)4-5-11/h2-3,6,12H,4-5,11H2,1H3,(H,13,14). The number of rotatable bonds is 6. The fourth-order valence-electron chi connectivity index (χ4n) is 1.39. The minimum Gasteiger partial charge on any atom is -0.330 e. The normalized spacial score (nSPS) is 11.7. The van der Waals surface area contributed by atoms with Crippen molar-refractivity contribution in [3.05, 3.63) is 22.4 Å². The summed E-state index contributed by atoms with van der Waals surface area (Å²) in [5.41, 5.74) is 6.28. The van der Waals surface area contributed by atoms with Gasteiger partial charge in [-0.3, -0.25) is 0 Å². The number of nitrogens with one attached hydrogen (secondary N) is 2. The first-order valence-corrected chi connectivity index (χ1v) is 8.68. The van der Waals surface area contributed by atoms with Crippen LogP contribution in [0.3, 0.4) is 0 Å². The molecule has 2 rings (SSSR count). The predicted molar refractivity (Wildman–Crippen MR) is 79.8 cm³/mol. The Balaban J connectivity index is 2.16. The summed E-state index contributed by atoms with van der Waals surface area (Å²) < 4.78 is 27.2. The third-order valence-electron chi connectivity index (χ3n) is 2.30. The molecule has 0 saturated heterocycles. The summed E-state index contributed by atoms with van der Waals surface area (Å²) in [6.07, 6.45) is 0.841. The molecule has 0 saturated carbocycles. The van der Waals surface area contributed by atoms with E-state index in [0.717, 1.165) is 17.0 Å². The van der Waals surface area contributed by atoms with E-state index >= 15 is 0 Å². The largest absolute Gasteiger partial charge is 0.330 e. The van der Waals surface area contributed by atoms with E-state index in [1.54, 1.807) is 11.3 Å². The summed E-state index contributed by atoms with van der Waals surface area (Å²) in [4.78, 5) is 6.46. The van der Waals surface area contributed by atoms with Gasteiger partial charge in [0.1, 0.15) is 0 Å². The van der Waals surface area contributed by atoms with E-state index in [9.17, 15) is 8.42 Å². The number of aromatic nitrogens is 1. The Labute approximate surface area is 119 Å². The Kier molecular flexibility index (Phi) is 4.53. The van der Waals surface area contributed by atoms with E-state index < -0.39 is 10.2 Å². The van der Waals surface area contributed by atoms with Crippen LogP contribution in [0, 0.1) is 0 Å². The van der Waals surface area contributed by atoms with Crippen molar-refractivity contribution >= 4 is 38.0 Å². The van der Waals surface area contributed by atoms with Crippen LogP contribution >= 0.6 is 22.7 Å². The van der Waals surface area contributed by atoms with Crippen molar-refractivity contribution < 1.29 is 8.42 Å². The maximum atomic E-state index is 11.3. The van der Waals surface area contributed by atoms with Crippen LogP contribution in [0.4, 0.5) is 5.13 Å². The topological polar surface area (TPSA) is 97.1 Å². The van der Waals surface area contributed by atoms with Crippen molar-refractivity contribution in [1.82, 2.24) is 9.71 Å². The summed E-state index contributed by atoms with van der Waals surface area (Å²) in [6, 6.07) is 3.99. The zero-order chi connectivity index (χ0) is 13.9. The lowest BCUT2D eigenvalue weighted by Crippen LogP contribution is -2.26. The first-order chi connectivity index (χ1) is 9.04. The van der Waals surface area contributed by atoms with Crippen molar-refractivity contribution in [2.75, 3.05) is 18.3 Å². The predicted octanol–water partition coefficient (Wildman–Crippen LogP) is 1.25. The highest BCUT2D eigenvalue weighted by molar-refractivity contribution is 7.91. The highest BCUT2D eigenvalue weighted by Gasteiger charge is 2.12. The van der Waals surface area contributed by atoms with Crippen LogP contribution < -0.4 is 15.2 Å². The quantitative estimate of drug-likeness (QED) is 0.746. The number of hydrogen-bond acceptors (Lipinski definition) is 6. The summed E-state index contributed by atoms with van der Waals surface area (Å²) in [5.74, 6) is 0. The average molecular weight is 318 g/mol. The zero-order valence-corrected chi connectivity index (χ0v) is 12.7. The lowest BCUT2D eigenvalue weighted by Gasteiger charge is -2.01. The molecule has 104 valence electrons. The summed E-state index contributed by atoms with van der Waals surface area (Å²) in [6.45, 7) is 0.615. The Hall–Kier alpha value is -1.00. The molecule has 0 fully saturated rings. The highest BCUT2D eigenvalue weighted by Crippen LogP contribution is 2.31. The number of thiazole rings is 1. The number of hydrogen-bond donors (Lipinski definition) is 3. The van der Waals surface area contributed by atoms with Crippen LogP contribution in [0.15, 0.2) is 17.5 Å². The van der Waals surface area contributed by atoms with Gasteiger partial charge >= 0.3 is 10.2 Å². The molecule has 0 bridgehead atoms. The van der Waals surface area contributed by atoms with Crippen LogP contribution in [-0.2, 0) is 16.6 Å². The Morgan fingerprint density at radius 2 is 2.21 bits per heavy atom. The molecule has 0 spiro atoms. The SMILES string of the molecule is CNS(=O)(=O)Nc1nc(-c2ccc(CCN)s2)cs1. The summed E-state index contributed by atoms with van der Waals surface area (Å²) >= 11 is 2.87. The smallest absolute Gasteiger partial charge is 0.300 e. The van der Waals surface area contributed by atoms with Crippen LogP contribution in [0.5, 0.6) is 0 Å². The molecular weight excluding hydrogens is 304 g/mol. The lowest BCUT2D eigenvalue weighted by atomic mass is 10.3. The Morgan fingerprint density at radius 1 is 1.42 bits per heavy atom. The van der Waals surface area contributed by atoms with E-state index in [2.05, 4.69) is 14.4 Å². The van der Waals surface area contributed by atoms with Gasteiger partial charge in [-0.1, -0.05) is 0 Å². The number of nitrogens with zero attached hydrogens (tertiary/aromatic N) is 1. The molecule has 0 unspecified atom stereocenters. The maximum absolute atomic E-state index is 11.3. The number of thiophene rings is 1. The number of nitrogens with two attached hydrogens (primary N) is 1. The van der Waals surface area contributed by atoms with Gasteiger partial charge in [-0.2, -0.15) is 8.42 Å². The summed E-state index contributed by atoms with van der Waals surface area (Å²) in [5, 5.41) is 2.17. The maximum Gasteiger partial charge on any atom is 0.300 e. The first kappa shape index (κ1) is 14.4. The molecule has 0 amide bonds. The second kappa shape index (κ2) is 5.97. The molecule has 0 aliphatic rings. The van der Waals surface area contributed by atoms with Gasteiger partial charge in [0.05, 0.1) is 10.6 Å². The van der Waals surface area contributed by atoms with Gasteiger partial charge in [-0.15, -0.1) is 22.7 Å². The molecular formula is C10H14N4O2S3. The van der Waals surface area contributed by atoms with Crippen molar-refractivity contribution in [2.24, 2.45) is 5.73 Å². The van der Waals surface area contributed by atoms with E-state index in [4.69, 9.17) is 5.73 Å². The van der Waals surface area contributed by atoms with Crippen molar-refractivity contribution in [1.29, 1.82) is 0 Å². The van der Waals surface area contributed by atoms with Gasteiger partial charge < -0.3 is 5.73 Å². The van der Waals surface area contributed by atoms with Gasteiger partial charge in [0.25, 0.3) is 0 Å². The fourth-order valence-corrected chi connectivity index (χ4v) is 3.90. The zero-order valence-electron chi connectivity index (χ0n) is 10.2. The van der Waals surface area contributed by atoms with E-state index in [1.807, 2.05) is 17.5 Å². The molecule has 0 atom stereocenters. The molecule has 9 heteroatoms. The minimum absolute atomic E-state index is 0.345. The molecule has 4 N–H and O–H groups in total. The van der Waals surface area contributed by atoms with Crippen LogP contribution in [0.2, 0.25) is 0 Å². The third kappa shape index (κ3) is 3.74. The molecule has 0 radical (unpaired) electrons. The van der Waals surface area contributed by atoms with E-state index in [-0.39, 0.29) is 0 Å². The van der Waals surface area contributed by atoms with E-state index in [0.29, 0.717) is 11.7 Å². The van der Waals surface area contributed by atoms with Gasteiger partial charge in [-0.05, 0) is 25.1 Å². The van der Waals surface area contributed by atoms with Gasteiger partial charge in [0.2, 0.25) is 0 Å². The highest BCUT2D eigenvalue weighted by atomic mass is 32.2. The van der Waals surface area contributed by atoms with Gasteiger partial charge in [0.15, 0.2) is 5.13 Å². The first-order valence-electron chi connectivity index (χ1n) is 5.50. The second-order valence-corrected chi connectivity index (χ2v) is 7.30. The fraction of sp³-hybridized carbons (Fsp3) is 0.300. The minimum atomic E-state index is -3.51. The van der Waals surface area contributed by atoms with Crippen LogP contribution in [0.25, 0.3) is 10.6 Å². The molecule has 2 aromatic rings. The Morgan fingerprint density at radius 3 is 2.89 bits per heavy atom. The van der Waals surface area contributed by atoms with Crippen molar-refractivity contribution in [3.63, 3.8) is 0 Å². The van der Waals surface area contributed by atoms with E-state index in [1.165, 1.54) is 23.3 Å².